The summed E-state index contributed by atoms with van der Waals surface area (Å²) in [6, 6.07) is 0. The Morgan fingerprint density at radius 2 is 1.86 bits per heavy atom. The van der Waals surface area contributed by atoms with Crippen LogP contribution in [0.3, 0.4) is 0 Å². The van der Waals surface area contributed by atoms with E-state index in [-0.39, 0.29) is 37.4 Å². The first-order valence-corrected chi connectivity index (χ1v) is 14.6. The molecular formula is C29H47N2O6+. The molecule has 0 aromatic carbocycles. The maximum atomic E-state index is 13.9. The van der Waals surface area contributed by atoms with Gasteiger partial charge in [0.1, 0.15) is 6.17 Å². The van der Waals surface area contributed by atoms with Crippen LogP contribution in [-0.4, -0.2) is 59.8 Å². The number of rotatable bonds is 12. The third-order valence-corrected chi connectivity index (χ3v) is 9.39. The molecule has 8 nitrogen and oxygen atoms in total. The summed E-state index contributed by atoms with van der Waals surface area (Å²) in [6.45, 7) is 5.11. The Bertz CT molecular complexity index is 903. The Balaban J connectivity index is 1.53. The summed E-state index contributed by atoms with van der Waals surface area (Å²) in [4.78, 5) is 41.1. The molecule has 2 saturated carbocycles. The lowest BCUT2D eigenvalue weighted by molar-refractivity contribution is -0.699. The number of hydrogen-bond donors (Lipinski definition) is 3. The number of nitrogens with two attached hydrogens (primary N) is 2. The highest BCUT2D eigenvalue weighted by Crippen LogP contribution is 2.62. The van der Waals surface area contributed by atoms with E-state index in [0.29, 0.717) is 24.3 Å². The van der Waals surface area contributed by atoms with Gasteiger partial charge >= 0.3 is 5.97 Å². The predicted octanol–water partition coefficient (Wildman–Crippen LogP) is 2.31. The number of ether oxygens (including phenoxy) is 2. The van der Waals surface area contributed by atoms with Crippen LogP contribution in [-0.2, 0) is 23.9 Å². The maximum absolute atomic E-state index is 13.9. The molecule has 37 heavy (non-hydrogen) atoms. The van der Waals surface area contributed by atoms with E-state index >= 15 is 0 Å². The summed E-state index contributed by atoms with van der Waals surface area (Å²) in [5.74, 6) is -1.49. The van der Waals surface area contributed by atoms with Crippen LogP contribution in [0.15, 0.2) is 11.1 Å². The van der Waals surface area contributed by atoms with Crippen LogP contribution < -0.4 is 11.1 Å². The van der Waals surface area contributed by atoms with Crippen LogP contribution in [0.5, 0.6) is 0 Å². The van der Waals surface area contributed by atoms with Crippen LogP contribution in [0.4, 0.5) is 0 Å². The van der Waals surface area contributed by atoms with Crippen molar-refractivity contribution >= 4 is 17.5 Å². The molecule has 0 amide bonds. The number of esters is 1. The Labute approximate surface area is 221 Å². The number of aliphatic hydroxyl groups excluding tert-OH is 1. The molecule has 6 atom stereocenters. The van der Waals surface area contributed by atoms with Gasteiger partial charge in [0, 0.05) is 24.7 Å². The zero-order valence-electron chi connectivity index (χ0n) is 22.8. The number of quaternary nitrogens is 1. The number of piperidine rings is 1. The largest absolute Gasteiger partial charge is 0.463 e. The average Bonchev–Trinajstić information content (AvgIpc) is 3.60. The van der Waals surface area contributed by atoms with Crippen molar-refractivity contribution in [3.63, 3.8) is 0 Å². The van der Waals surface area contributed by atoms with Crippen LogP contribution in [0.1, 0.15) is 97.3 Å². The molecule has 4 fully saturated rings. The number of epoxide rings is 1. The summed E-state index contributed by atoms with van der Waals surface area (Å²) in [7, 11) is 0. The monoisotopic (exact) mass is 519 g/mol. The lowest BCUT2D eigenvalue weighted by Crippen LogP contribution is -2.94. The SMILES string of the molecule is CCCCCCOC(=O)C12OC1(CC(CO)=C(C)CCC1CC[NH2+]C(N)C1)C(=O)C1CCCCC1C2=O. The molecular weight excluding hydrogens is 472 g/mol. The molecule has 0 aromatic heterocycles. The van der Waals surface area contributed by atoms with Crippen LogP contribution >= 0.6 is 0 Å². The molecule has 4 rings (SSSR count). The molecule has 0 aromatic rings. The van der Waals surface area contributed by atoms with Gasteiger partial charge in [0.2, 0.25) is 0 Å². The van der Waals surface area contributed by atoms with Gasteiger partial charge in [-0.2, -0.15) is 0 Å². The first-order valence-electron chi connectivity index (χ1n) is 14.6. The number of allylic oxidation sites excluding steroid dienone is 1. The zero-order valence-corrected chi connectivity index (χ0v) is 22.8. The molecule has 2 heterocycles. The van der Waals surface area contributed by atoms with Gasteiger partial charge in [-0.1, -0.05) is 44.6 Å². The smallest absolute Gasteiger partial charge is 0.349 e. The van der Waals surface area contributed by atoms with Crippen molar-refractivity contribution in [1.29, 1.82) is 0 Å². The minimum absolute atomic E-state index is 0.0754. The highest BCUT2D eigenvalue weighted by molar-refractivity contribution is 6.23. The lowest BCUT2D eigenvalue weighted by atomic mass is 9.60. The van der Waals surface area contributed by atoms with E-state index in [0.717, 1.165) is 76.3 Å². The second kappa shape index (κ2) is 12.1. The summed E-state index contributed by atoms with van der Waals surface area (Å²) in [5, 5.41) is 12.5. The molecule has 0 radical (unpaired) electrons. The van der Waals surface area contributed by atoms with E-state index in [4.69, 9.17) is 15.2 Å². The Morgan fingerprint density at radius 3 is 2.54 bits per heavy atom. The van der Waals surface area contributed by atoms with Gasteiger partial charge in [-0.3, -0.25) is 15.3 Å². The third-order valence-electron chi connectivity index (χ3n) is 9.39. The number of hydrogen-bond acceptors (Lipinski definition) is 7. The first-order chi connectivity index (χ1) is 17.8. The fourth-order valence-corrected chi connectivity index (χ4v) is 7.02. The van der Waals surface area contributed by atoms with Crippen LogP contribution in [0.25, 0.3) is 0 Å². The second-order valence-corrected chi connectivity index (χ2v) is 11.9. The lowest BCUT2D eigenvalue weighted by Gasteiger charge is -2.37. The number of ketones is 2. The highest BCUT2D eigenvalue weighted by atomic mass is 16.7. The molecule has 208 valence electrons. The van der Waals surface area contributed by atoms with Crippen molar-refractivity contribution < 1.29 is 34.3 Å². The third kappa shape index (κ3) is 5.45. The molecule has 6 unspecified atom stereocenters. The number of carbonyl (C=O) groups excluding carboxylic acids is 3. The van der Waals surface area contributed by atoms with Gasteiger partial charge in [0.05, 0.1) is 19.8 Å². The number of carbonyl (C=O) groups is 3. The number of fused-ring (bicyclic) bond motifs is 2. The molecule has 5 N–H and O–H groups in total. The van der Waals surface area contributed by atoms with Crippen LogP contribution in [0.2, 0.25) is 0 Å². The van der Waals surface area contributed by atoms with Gasteiger partial charge in [0.25, 0.3) is 5.60 Å². The van der Waals surface area contributed by atoms with Crippen molar-refractivity contribution in [3.8, 4) is 0 Å². The first kappa shape index (κ1) is 28.4. The Hall–Kier alpha value is -1.61. The molecule has 2 saturated heterocycles. The van der Waals surface area contributed by atoms with Gasteiger partial charge in [-0.05, 0) is 56.9 Å². The Morgan fingerprint density at radius 1 is 1.14 bits per heavy atom. The maximum Gasteiger partial charge on any atom is 0.349 e. The van der Waals surface area contributed by atoms with E-state index in [1.165, 1.54) is 0 Å². The summed E-state index contributed by atoms with van der Waals surface area (Å²) >= 11 is 0. The zero-order chi connectivity index (χ0) is 26.6. The van der Waals surface area contributed by atoms with E-state index in [9.17, 15) is 19.5 Å². The van der Waals surface area contributed by atoms with Gasteiger partial charge in [-0.15, -0.1) is 0 Å². The topological polar surface area (TPSA) is 136 Å². The van der Waals surface area contributed by atoms with Crippen molar-refractivity contribution in [2.24, 2.45) is 23.5 Å². The number of unbranched alkanes of at least 4 members (excludes halogenated alkanes) is 3. The molecule has 0 bridgehead atoms. The number of Topliss-reactive ketones (excluding diaryl/α,β-unsaturated/α-hetero) is 2. The van der Waals surface area contributed by atoms with Crippen LogP contribution in [0, 0.1) is 17.8 Å². The fourth-order valence-electron chi connectivity index (χ4n) is 7.02. The van der Waals surface area contributed by atoms with E-state index in [1.54, 1.807) is 0 Å². The summed E-state index contributed by atoms with van der Waals surface area (Å²) in [6.07, 6.45) is 10.9. The minimum atomic E-state index is -1.85. The van der Waals surface area contributed by atoms with E-state index in [2.05, 4.69) is 12.2 Å². The normalized spacial score (nSPS) is 35.9. The quantitative estimate of drug-likeness (QED) is 0.118. The molecule has 8 heteroatoms. The van der Waals surface area contributed by atoms with E-state index < -0.39 is 29.0 Å². The van der Waals surface area contributed by atoms with Gasteiger partial charge in [0.15, 0.2) is 17.2 Å². The minimum Gasteiger partial charge on any atom is -0.463 e. The van der Waals surface area contributed by atoms with Gasteiger partial charge in [-0.25, -0.2) is 4.79 Å². The molecule has 2 aliphatic heterocycles. The van der Waals surface area contributed by atoms with Crippen molar-refractivity contribution in [2.75, 3.05) is 19.8 Å². The van der Waals surface area contributed by atoms with Crippen molar-refractivity contribution in [1.82, 2.24) is 0 Å². The van der Waals surface area contributed by atoms with E-state index in [1.807, 2.05) is 6.92 Å². The Kier molecular flexibility index (Phi) is 9.25. The molecule has 4 aliphatic rings. The van der Waals surface area contributed by atoms with Gasteiger partial charge < -0.3 is 19.9 Å². The number of aliphatic hydroxyl groups is 1. The second-order valence-electron chi connectivity index (χ2n) is 11.9. The molecule has 0 spiro atoms. The average molecular weight is 520 g/mol. The summed E-state index contributed by atoms with van der Waals surface area (Å²) in [5.41, 5.74) is 4.42. The highest BCUT2D eigenvalue weighted by Gasteiger charge is 2.87. The fraction of sp³-hybridized carbons (Fsp3) is 0.828. The standard InChI is InChI=1S/C29H46N2O6/c1-3-4-5-8-15-36-27(35)29-26(34)23-10-7-6-9-22(23)25(33)28(29,37-29)17-21(18-32)19(2)11-12-20-13-14-31-24(30)16-20/h20,22-24,31-32H,3-18,30H2,1-2H3/p+1. The predicted molar refractivity (Wildman–Crippen MR) is 138 cm³/mol. The molecule has 2 aliphatic carbocycles. The summed E-state index contributed by atoms with van der Waals surface area (Å²) < 4.78 is 11.6. The van der Waals surface area contributed by atoms with Crippen molar-refractivity contribution in [3.05, 3.63) is 11.1 Å². The van der Waals surface area contributed by atoms with Crippen molar-refractivity contribution in [2.45, 2.75) is 115 Å².